The monoisotopic (exact) mass is 559 g/mol. The normalized spacial score (nSPS) is 13.3. The molecule has 0 radical (unpaired) electrons. The van der Waals surface area contributed by atoms with Crippen molar-refractivity contribution in [3.63, 3.8) is 0 Å². The van der Waals surface area contributed by atoms with Crippen LogP contribution >= 0.6 is 0 Å². The van der Waals surface area contributed by atoms with Gasteiger partial charge in [-0.25, -0.2) is 14.4 Å². The number of nitrogens with zero attached hydrogens (tertiary/aromatic N) is 4. The number of carbonyl (C=O) groups is 2. The Labute approximate surface area is 234 Å². The molecule has 41 heavy (non-hydrogen) atoms. The molecule has 1 aliphatic rings. The van der Waals surface area contributed by atoms with Crippen molar-refractivity contribution in [2.24, 2.45) is 5.92 Å². The van der Waals surface area contributed by atoms with Gasteiger partial charge in [0.2, 0.25) is 5.91 Å². The van der Waals surface area contributed by atoms with Crippen molar-refractivity contribution in [2.45, 2.75) is 13.8 Å². The highest BCUT2D eigenvalue weighted by Crippen LogP contribution is 2.39. The number of hydrogen-bond donors (Lipinski definition) is 4. The first-order valence-electron chi connectivity index (χ1n) is 12.8. The van der Waals surface area contributed by atoms with Gasteiger partial charge in [0.15, 0.2) is 11.6 Å². The van der Waals surface area contributed by atoms with Crippen LogP contribution in [0, 0.1) is 18.7 Å². The number of nitrogens with one attached hydrogen (secondary N) is 2. The molecule has 4 N–H and O–H groups in total. The Morgan fingerprint density at radius 1 is 1.17 bits per heavy atom. The van der Waals surface area contributed by atoms with Crippen LogP contribution in [0.3, 0.4) is 0 Å². The molecule has 2 amide bonds. The molecule has 1 atom stereocenters. The van der Waals surface area contributed by atoms with E-state index in [1.54, 1.807) is 31.2 Å². The van der Waals surface area contributed by atoms with E-state index in [0.29, 0.717) is 46.4 Å². The van der Waals surface area contributed by atoms with E-state index in [1.807, 2.05) is 11.8 Å². The zero-order valence-corrected chi connectivity index (χ0v) is 22.3. The summed E-state index contributed by atoms with van der Waals surface area (Å²) in [5.74, 6) is 0.0745. The van der Waals surface area contributed by atoms with E-state index in [2.05, 4.69) is 20.6 Å². The third kappa shape index (κ3) is 5.92. The molecular formula is C29H28FN6O5+. The molecule has 4 aromatic rings. The Hall–Kier alpha value is -5.10. The highest BCUT2D eigenvalue weighted by molar-refractivity contribution is 6.02. The average molecular weight is 560 g/mol. The van der Waals surface area contributed by atoms with Gasteiger partial charge in [-0.1, -0.05) is 6.92 Å². The van der Waals surface area contributed by atoms with Crippen molar-refractivity contribution in [1.29, 1.82) is 0 Å². The summed E-state index contributed by atoms with van der Waals surface area (Å²) in [4.78, 5) is 35.5. The molecule has 4 heterocycles. The summed E-state index contributed by atoms with van der Waals surface area (Å²) in [6, 6.07) is 13.6. The van der Waals surface area contributed by atoms with Crippen LogP contribution in [0.25, 0.3) is 11.3 Å². The summed E-state index contributed by atoms with van der Waals surface area (Å²) < 4.78 is 20.2. The molecule has 1 aromatic carbocycles. The molecule has 1 aliphatic heterocycles. The van der Waals surface area contributed by atoms with Gasteiger partial charge in [0.25, 0.3) is 5.69 Å². The number of halogens is 1. The molecular weight excluding hydrogens is 531 g/mol. The third-order valence-corrected chi connectivity index (χ3v) is 6.50. The van der Waals surface area contributed by atoms with Gasteiger partial charge < -0.3 is 25.4 Å². The Morgan fingerprint density at radius 3 is 2.66 bits per heavy atom. The second-order valence-corrected chi connectivity index (χ2v) is 9.73. The minimum atomic E-state index is -0.607. The molecule has 5 rings (SSSR count). The molecule has 0 bridgehead atoms. The lowest BCUT2D eigenvalue weighted by atomic mass is 10.1. The number of benzene rings is 1. The highest BCUT2D eigenvalue weighted by atomic mass is 19.1. The Balaban J connectivity index is 1.34. The zero-order valence-electron chi connectivity index (χ0n) is 22.3. The minimum absolute atomic E-state index is 0.0343. The van der Waals surface area contributed by atoms with E-state index in [0.717, 1.165) is 4.73 Å². The number of aryl methyl sites for hydroxylation is 1. The lowest BCUT2D eigenvalue weighted by molar-refractivity contribution is -0.897. The molecule has 0 aliphatic carbocycles. The van der Waals surface area contributed by atoms with Crippen LogP contribution < -0.4 is 25.0 Å². The maximum atomic E-state index is 13.4. The third-order valence-electron chi connectivity index (χ3n) is 6.50. The van der Waals surface area contributed by atoms with Crippen molar-refractivity contribution in [3.05, 3.63) is 84.1 Å². The standard InChI is InChI=1S/C29H27FN6O5/c1-17(16-37)14-35-15-25(38)34-28-27(35)23(11-12-31-28)41-21-8-10-24(32-13-21)33-29(39)22-9-3-18(2)26(36(22)40)19-4-6-20(30)7-5-19/h3-13,17,37H,14-16H2,1-2H3,(H2-,31,32,33,34,38,39,40)/p+1/t17-/m0/s1. The summed E-state index contributed by atoms with van der Waals surface area (Å²) in [6.07, 6.45) is 2.94. The molecule has 3 aromatic heterocycles. The summed E-state index contributed by atoms with van der Waals surface area (Å²) in [7, 11) is 0. The second kappa shape index (κ2) is 11.6. The number of pyridine rings is 3. The number of anilines is 3. The van der Waals surface area contributed by atoms with Crippen molar-refractivity contribution in [1.82, 2.24) is 9.97 Å². The van der Waals surface area contributed by atoms with Crippen LogP contribution in [-0.4, -0.2) is 51.8 Å². The fourth-order valence-electron chi connectivity index (χ4n) is 4.52. The number of aromatic nitrogens is 3. The fourth-order valence-corrected chi connectivity index (χ4v) is 4.52. The summed E-state index contributed by atoms with van der Waals surface area (Å²) in [5.41, 5.74) is 2.14. The van der Waals surface area contributed by atoms with Crippen LogP contribution in [0.15, 0.2) is 67.0 Å². The van der Waals surface area contributed by atoms with Crippen molar-refractivity contribution >= 4 is 29.1 Å². The summed E-state index contributed by atoms with van der Waals surface area (Å²) >= 11 is 0. The lowest BCUT2D eigenvalue weighted by Gasteiger charge is -2.32. The number of hydrogen-bond acceptors (Lipinski definition) is 8. The quantitative estimate of drug-likeness (QED) is 0.190. The van der Waals surface area contributed by atoms with E-state index in [-0.39, 0.29) is 36.5 Å². The lowest BCUT2D eigenvalue weighted by Crippen LogP contribution is -2.42. The van der Waals surface area contributed by atoms with Crippen molar-refractivity contribution in [2.75, 3.05) is 35.2 Å². The first-order valence-corrected chi connectivity index (χ1v) is 12.8. The SMILES string of the molecule is Cc1ccc(C(=O)Nc2ccc(Oc3ccnc4c3N(C[C@H](C)CO)CC(=O)N4)cn2)[n+](O)c1-c1ccc(F)cc1. The van der Waals surface area contributed by atoms with Gasteiger partial charge in [-0.05, 0) is 55.3 Å². The van der Waals surface area contributed by atoms with Gasteiger partial charge in [-0.3, -0.25) is 14.8 Å². The van der Waals surface area contributed by atoms with E-state index in [4.69, 9.17) is 4.74 Å². The number of ether oxygens (including phenoxy) is 1. The number of aliphatic hydroxyl groups excluding tert-OH is 1. The predicted octanol–water partition coefficient (Wildman–Crippen LogP) is 3.55. The molecule has 0 saturated heterocycles. The minimum Gasteiger partial charge on any atom is -0.453 e. The zero-order chi connectivity index (χ0) is 29.1. The number of aliphatic hydroxyl groups is 1. The molecule has 0 fully saturated rings. The Morgan fingerprint density at radius 2 is 1.95 bits per heavy atom. The summed E-state index contributed by atoms with van der Waals surface area (Å²) in [6.45, 7) is 4.13. The van der Waals surface area contributed by atoms with Gasteiger partial charge in [-0.15, -0.1) is 0 Å². The number of carbonyl (C=O) groups excluding carboxylic acids is 2. The van der Waals surface area contributed by atoms with Gasteiger partial charge in [-0.2, -0.15) is 0 Å². The first kappa shape index (κ1) is 27.5. The maximum Gasteiger partial charge on any atom is 0.326 e. The van der Waals surface area contributed by atoms with Crippen LogP contribution in [-0.2, 0) is 4.79 Å². The van der Waals surface area contributed by atoms with E-state index >= 15 is 0 Å². The van der Waals surface area contributed by atoms with Crippen molar-refractivity contribution < 1.29 is 33.8 Å². The number of rotatable bonds is 8. The van der Waals surface area contributed by atoms with Gasteiger partial charge in [0, 0.05) is 41.8 Å². The fraction of sp³-hybridized carbons (Fsp3) is 0.207. The van der Waals surface area contributed by atoms with E-state index in [9.17, 15) is 24.3 Å². The Bertz CT molecular complexity index is 1600. The largest absolute Gasteiger partial charge is 0.453 e. The molecule has 0 spiro atoms. The summed E-state index contributed by atoms with van der Waals surface area (Å²) in [5, 5.41) is 25.7. The van der Waals surface area contributed by atoms with Gasteiger partial charge in [0.1, 0.15) is 23.1 Å². The molecule has 12 heteroatoms. The van der Waals surface area contributed by atoms with Crippen LogP contribution in [0.4, 0.5) is 21.7 Å². The highest BCUT2D eigenvalue weighted by Gasteiger charge is 2.29. The van der Waals surface area contributed by atoms with Crippen molar-refractivity contribution in [3.8, 4) is 22.8 Å². The van der Waals surface area contributed by atoms with E-state index < -0.39 is 11.7 Å². The van der Waals surface area contributed by atoms with E-state index in [1.165, 1.54) is 42.7 Å². The molecule has 0 saturated carbocycles. The smallest absolute Gasteiger partial charge is 0.326 e. The molecule has 0 unspecified atom stereocenters. The number of amides is 2. The average Bonchev–Trinajstić information content (AvgIpc) is 2.95. The topological polar surface area (TPSA) is 141 Å². The van der Waals surface area contributed by atoms with Gasteiger partial charge >= 0.3 is 11.6 Å². The Kier molecular flexibility index (Phi) is 7.74. The number of fused-ring (bicyclic) bond motifs is 1. The second-order valence-electron chi connectivity index (χ2n) is 9.73. The molecule has 210 valence electrons. The predicted molar refractivity (Wildman–Crippen MR) is 148 cm³/mol. The van der Waals surface area contributed by atoms with Gasteiger partial charge in [0.05, 0.1) is 18.3 Å². The van der Waals surface area contributed by atoms with Crippen LogP contribution in [0.5, 0.6) is 11.5 Å². The van der Waals surface area contributed by atoms with Crippen LogP contribution in [0.1, 0.15) is 23.0 Å². The van der Waals surface area contributed by atoms with Crippen LogP contribution in [0.2, 0.25) is 0 Å². The maximum absolute atomic E-state index is 13.4. The first-order chi connectivity index (χ1) is 19.7. The molecule has 11 nitrogen and oxygen atoms in total.